The molecule has 3 heterocycles. The van der Waals surface area contributed by atoms with E-state index >= 15 is 0 Å². The highest BCUT2D eigenvalue weighted by Gasteiger charge is 2.30. The number of likely N-dealkylation sites (N-methyl/N-ethyl adjacent to an activating group) is 1. The van der Waals surface area contributed by atoms with Crippen LogP contribution in [0, 0.1) is 0 Å². The predicted molar refractivity (Wildman–Crippen MR) is 127 cm³/mol. The van der Waals surface area contributed by atoms with Crippen molar-refractivity contribution in [3.05, 3.63) is 64.6 Å². The van der Waals surface area contributed by atoms with Gasteiger partial charge in [0.25, 0.3) is 11.5 Å². The lowest BCUT2D eigenvalue weighted by molar-refractivity contribution is -0.140. The summed E-state index contributed by atoms with van der Waals surface area (Å²) >= 11 is 0. The molecule has 1 fully saturated rings. The van der Waals surface area contributed by atoms with Crippen molar-refractivity contribution in [3.8, 4) is 11.1 Å². The zero-order chi connectivity index (χ0) is 24.7. The second kappa shape index (κ2) is 8.84. The number of alkyl halides is 3. The van der Waals surface area contributed by atoms with Crippen LogP contribution >= 0.6 is 0 Å². The largest absolute Gasteiger partial charge is 0.406 e. The second-order valence-electron chi connectivity index (χ2n) is 8.89. The molecular formula is C25H24F3N5O2. The van der Waals surface area contributed by atoms with Crippen molar-refractivity contribution in [2.75, 3.05) is 33.2 Å². The van der Waals surface area contributed by atoms with E-state index in [1.807, 2.05) is 11.9 Å². The van der Waals surface area contributed by atoms with Gasteiger partial charge in [0.2, 0.25) is 0 Å². The number of nitrogens with one attached hydrogen (secondary N) is 1. The number of carbonyl (C=O) groups excluding carboxylic acids is 1. The van der Waals surface area contributed by atoms with Gasteiger partial charge in [0, 0.05) is 30.6 Å². The summed E-state index contributed by atoms with van der Waals surface area (Å²) in [4.78, 5) is 30.4. The van der Waals surface area contributed by atoms with Crippen molar-refractivity contribution in [2.45, 2.75) is 19.1 Å². The summed E-state index contributed by atoms with van der Waals surface area (Å²) in [5, 5.41) is 7.13. The van der Waals surface area contributed by atoms with E-state index < -0.39 is 18.3 Å². The number of amides is 1. The molecule has 5 rings (SSSR count). The summed E-state index contributed by atoms with van der Waals surface area (Å²) in [6, 6.07) is 12.0. The molecule has 4 aromatic rings. The van der Waals surface area contributed by atoms with Crippen LogP contribution in [0.5, 0.6) is 0 Å². The first-order valence-electron chi connectivity index (χ1n) is 11.4. The average molecular weight is 483 g/mol. The van der Waals surface area contributed by atoms with Crippen LogP contribution in [0.25, 0.3) is 32.9 Å². The molecule has 0 saturated carbocycles. The van der Waals surface area contributed by atoms with Gasteiger partial charge in [0.05, 0.1) is 22.6 Å². The highest BCUT2D eigenvalue weighted by Crippen LogP contribution is 2.31. The van der Waals surface area contributed by atoms with Crippen molar-refractivity contribution in [2.24, 2.45) is 0 Å². The third-order valence-corrected chi connectivity index (χ3v) is 6.49. The first kappa shape index (κ1) is 23.1. The van der Waals surface area contributed by atoms with Crippen molar-refractivity contribution < 1.29 is 18.0 Å². The number of benzene rings is 2. The van der Waals surface area contributed by atoms with E-state index in [2.05, 4.69) is 15.1 Å². The highest BCUT2D eigenvalue weighted by atomic mass is 19.4. The molecule has 0 radical (unpaired) electrons. The topological polar surface area (TPSA) is 74.2 Å². The van der Waals surface area contributed by atoms with E-state index in [-0.39, 0.29) is 16.8 Å². The van der Waals surface area contributed by atoms with E-state index in [9.17, 15) is 22.8 Å². The average Bonchev–Trinajstić information content (AvgIpc) is 3.23. The van der Waals surface area contributed by atoms with Crippen molar-refractivity contribution >= 4 is 27.7 Å². The number of fused-ring (bicyclic) bond motifs is 3. The Hall–Kier alpha value is -3.66. The first-order valence-corrected chi connectivity index (χ1v) is 11.4. The van der Waals surface area contributed by atoms with Gasteiger partial charge in [-0.3, -0.25) is 19.3 Å². The minimum Gasteiger partial charge on any atom is -0.337 e. The summed E-state index contributed by atoms with van der Waals surface area (Å²) in [6.07, 6.45) is -2.48. The molecule has 1 aliphatic heterocycles. The Bertz CT molecular complexity index is 1470. The number of aromatic amines is 1. The molecule has 1 amide bonds. The Morgan fingerprint density at radius 1 is 1.06 bits per heavy atom. The minimum atomic E-state index is -4.59. The number of halogens is 3. The van der Waals surface area contributed by atoms with Crippen LogP contribution in [0.2, 0.25) is 0 Å². The Morgan fingerprint density at radius 3 is 2.66 bits per heavy atom. The number of rotatable bonds is 3. The molecular weight excluding hydrogens is 459 g/mol. The van der Waals surface area contributed by atoms with Crippen LogP contribution in [0.15, 0.2) is 53.5 Å². The quantitative estimate of drug-likeness (QED) is 0.480. The van der Waals surface area contributed by atoms with Crippen molar-refractivity contribution in [3.63, 3.8) is 0 Å². The Kier molecular flexibility index (Phi) is 5.84. The van der Waals surface area contributed by atoms with Gasteiger partial charge in [-0.2, -0.15) is 18.3 Å². The van der Waals surface area contributed by atoms with Gasteiger partial charge in [0.15, 0.2) is 0 Å². The molecule has 0 unspecified atom stereocenters. The number of aromatic nitrogens is 3. The summed E-state index contributed by atoms with van der Waals surface area (Å²) in [5.41, 5.74) is 1.38. The summed E-state index contributed by atoms with van der Waals surface area (Å²) in [5.74, 6) is -0.118. The second-order valence-corrected chi connectivity index (χ2v) is 8.89. The standard InChI is InChI=1S/C25H24F3N5O2/c1-31-9-4-10-32(12-11-31)23(34)18-6-3-2-5-17(18)16-7-8-19-21(13-16)33(15-25(26,27)28)24(35)20-14-29-30-22(19)20/h2-3,5-8,13-14H,4,9-12,15H2,1H3,(H,29,30). The molecule has 2 aromatic carbocycles. The molecule has 0 bridgehead atoms. The predicted octanol–water partition coefficient (Wildman–Crippen LogP) is 3.88. The molecule has 0 aliphatic carbocycles. The Labute approximate surface area is 198 Å². The van der Waals surface area contributed by atoms with Gasteiger partial charge >= 0.3 is 6.18 Å². The van der Waals surface area contributed by atoms with E-state index in [0.29, 0.717) is 40.7 Å². The summed E-state index contributed by atoms with van der Waals surface area (Å²) in [7, 11) is 2.02. The number of nitrogens with zero attached hydrogens (tertiary/aromatic N) is 4. The molecule has 7 nitrogen and oxygen atoms in total. The third kappa shape index (κ3) is 4.41. The van der Waals surface area contributed by atoms with Crippen molar-refractivity contribution in [1.82, 2.24) is 24.6 Å². The SMILES string of the molecule is CN1CCCN(C(=O)c2ccccc2-c2ccc3c4[nH]ncc4c(=O)n(CC(F)(F)F)c3c2)CC1. The smallest absolute Gasteiger partial charge is 0.337 e. The van der Waals surface area contributed by atoms with Gasteiger partial charge in [-0.25, -0.2) is 0 Å². The van der Waals surface area contributed by atoms with Crippen LogP contribution in [0.1, 0.15) is 16.8 Å². The Balaban J connectivity index is 1.65. The normalized spacial score (nSPS) is 15.6. The molecule has 10 heteroatoms. The number of hydrogen-bond donors (Lipinski definition) is 1. The lowest BCUT2D eigenvalue weighted by Gasteiger charge is -2.22. The minimum absolute atomic E-state index is 0.0937. The molecule has 182 valence electrons. The third-order valence-electron chi connectivity index (χ3n) is 6.49. The lowest BCUT2D eigenvalue weighted by atomic mass is 9.97. The van der Waals surface area contributed by atoms with Gasteiger partial charge in [-0.15, -0.1) is 0 Å². The lowest BCUT2D eigenvalue weighted by Crippen LogP contribution is -2.34. The van der Waals surface area contributed by atoms with Crippen LogP contribution in [0.4, 0.5) is 13.2 Å². The van der Waals surface area contributed by atoms with Crippen LogP contribution in [-0.2, 0) is 6.54 Å². The molecule has 35 heavy (non-hydrogen) atoms. The molecule has 1 N–H and O–H groups in total. The monoisotopic (exact) mass is 483 g/mol. The van der Waals surface area contributed by atoms with E-state index in [1.165, 1.54) is 6.20 Å². The van der Waals surface area contributed by atoms with E-state index in [1.54, 1.807) is 42.5 Å². The molecule has 0 spiro atoms. The molecule has 1 aliphatic rings. The van der Waals surface area contributed by atoms with Gasteiger partial charge in [-0.05, 0) is 43.3 Å². The summed E-state index contributed by atoms with van der Waals surface area (Å²) in [6.45, 7) is 1.50. The van der Waals surface area contributed by atoms with Gasteiger partial charge < -0.3 is 9.80 Å². The highest BCUT2D eigenvalue weighted by molar-refractivity contribution is 6.06. The number of H-pyrrole nitrogens is 1. The van der Waals surface area contributed by atoms with E-state index in [0.717, 1.165) is 24.1 Å². The molecule has 1 saturated heterocycles. The van der Waals surface area contributed by atoms with Gasteiger partial charge in [0.1, 0.15) is 6.54 Å². The molecule has 0 atom stereocenters. The van der Waals surface area contributed by atoms with Crippen LogP contribution in [0.3, 0.4) is 0 Å². The van der Waals surface area contributed by atoms with E-state index in [4.69, 9.17) is 0 Å². The van der Waals surface area contributed by atoms with Crippen molar-refractivity contribution in [1.29, 1.82) is 0 Å². The Morgan fingerprint density at radius 2 is 1.86 bits per heavy atom. The van der Waals surface area contributed by atoms with Crippen LogP contribution < -0.4 is 5.56 Å². The zero-order valence-electron chi connectivity index (χ0n) is 19.1. The fourth-order valence-corrected chi connectivity index (χ4v) is 4.72. The van der Waals surface area contributed by atoms with Gasteiger partial charge in [-0.1, -0.05) is 30.3 Å². The maximum Gasteiger partial charge on any atom is 0.406 e. The maximum atomic E-state index is 13.5. The fraction of sp³-hybridized carbons (Fsp3) is 0.320. The number of hydrogen-bond acceptors (Lipinski definition) is 4. The van der Waals surface area contributed by atoms with Crippen LogP contribution in [-0.4, -0.2) is 69.9 Å². The maximum absolute atomic E-state index is 13.5. The molecule has 2 aromatic heterocycles. The first-order chi connectivity index (χ1) is 16.7. The fourth-order valence-electron chi connectivity index (χ4n) is 4.72. The number of pyridine rings is 1. The number of carbonyl (C=O) groups is 1. The summed E-state index contributed by atoms with van der Waals surface area (Å²) < 4.78 is 40.9. The zero-order valence-corrected chi connectivity index (χ0v) is 19.1.